The van der Waals surface area contributed by atoms with Crippen LogP contribution < -0.4 is 10.1 Å². The van der Waals surface area contributed by atoms with Crippen LogP contribution in [-0.2, 0) is 14.3 Å². The summed E-state index contributed by atoms with van der Waals surface area (Å²) in [5, 5.41) is 12.0. The molecule has 6 nitrogen and oxygen atoms in total. The fraction of sp³-hybridized carbons (Fsp3) is 0.529. The highest BCUT2D eigenvalue weighted by Crippen LogP contribution is 2.30. The van der Waals surface area contributed by atoms with E-state index in [0.717, 1.165) is 12.8 Å². The number of hydrogen-bond acceptors (Lipinski definition) is 4. The molecule has 1 aromatic rings. The molecule has 1 aliphatic rings. The zero-order chi connectivity index (χ0) is 16.7. The second-order valence-corrected chi connectivity index (χ2v) is 5.76. The van der Waals surface area contributed by atoms with Gasteiger partial charge in [0.05, 0.1) is 12.5 Å². The van der Waals surface area contributed by atoms with Crippen LogP contribution in [0.15, 0.2) is 24.3 Å². The molecule has 1 amide bonds. The van der Waals surface area contributed by atoms with E-state index in [1.807, 2.05) is 6.07 Å². The number of hydrogen-bond donors (Lipinski definition) is 2. The number of methoxy groups -OCH3 is 1. The number of amides is 1. The highest BCUT2D eigenvalue weighted by Gasteiger charge is 2.31. The van der Waals surface area contributed by atoms with Gasteiger partial charge in [-0.25, -0.2) is 0 Å². The molecule has 0 heterocycles. The Hall–Kier alpha value is -2.08. The van der Waals surface area contributed by atoms with Crippen molar-refractivity contribution >= 4 is 17.6 Å². The third-order valence-corrected chi connectivity index (χ3v) is 4.05. The largest absolute Gasteiger partial charge is 0.491 e. The Kier molecular flexibility index (Phi) is 6.40. The molecule has 2 N–H and O–H groups in total. The van der Waals surface area contributed by atoms with Crippen molar-refractivity contribution in [1.29, 1.82) is 0 Å². The lowest BCUT2D eigenvalue weighted by Gasteiger charge is -2.25. The summed E-state index contributed by atoms with van der Waals surface area (Å²) in [7, 11) is 1.61. The number of carboxylic acids is 1. The molecule has 2 unspecified atom stereocenters. The summed E-state index contributed by atoms with van der Waals surface area (Å²) in [6.45, 7) is 0.937. The predicted octanol–water partition coefficient (Wildman–Crippen LogP) is 2.54. The van der Waals surface area contributed by atoms with Crippen LogP contribution >= 0.6 is 0 Å². The smallest absolute Gasteiger partial charge is 0.306 e. The number of benzene rings is 1. The standard InChI is InChI=1S/C17H23NO5/c1-22-8-9-23-15-7-3-6-14(11-15)18-16(19)12-4-2-5-13(10-12)17(20)21/h3,6-7,11-13H,2,4-5,8-10H2,1H3,(H,18,19)(H,20,21). The molecule has 2 atom stereocenters. The molecule has 0 saturated heterocycles. The Morgan fingerprint density at radius 1 is 1.26 bits per heavy atom. The zero-order valence-electron chi connectivity index (χ0n) is 13.3. The van der Waals surface area contributed by atoms with Crippen LogP contribution in [0.1, 0.15) is 25.7 Å². The molecular weight excluding hydrogens is 298 g/mol. The van der Waals surface area contributed by atoms with Crippen molar-refractivity contribution in [2.75, 3.05) is 25.6 Å². The molecular formula is C17H23NO5. The Balaban J connectivity index is 1.91. The third kappa shape index (κ3) is 5.25. The second-order valence-electron chi connectivity index (χ2n) is 5.76. The molecule has 6 heteroatoms. The first-order valence-corrected chi connectivity index (χ1v) is 7.85. The summed E-state index contributed by atoms with van der Waals surface area (Å²) in [4.78, 5) is 23.4. The molecule has 1 saturated carbocycles. The van der Waals surface area contributed by atoms with Crippen LogP contribution in [0.5, 0.6) is 5.75 Å². The minimum absolute atomic E-state index is 0.120. The van der Waals surface area contributed by atoms with Crippen molar-refractivity contribution in [3.8, 4) is 5.75 Å². The van der Waals surface area contributed by atoms with Gasteiger partial charge in [-0.05, 0) is 31.4 Å². The molecule has 1 fully saturated rings. The second kappa shape index (κ2) is 8.53. The highest BCUT2D eigenvalue weighted by molar-refractivity contribution is 5.93. The van der Waals surface area contributed by atoms with Crippen molar-refractivity contribution in [1.82, 2.24) is 0 Å². The van der Waals surface area contributed by atoms with Gasteiger partial charge in [0.1, 0.15) is 12.4 Å². The van der Waals surface area contributed by atoms with Gasteiger partial charge in [-0.2, -0.15) is 0 Å². The quantitative estimate of drug-likeness (QED) is 0.754. The topological polar surface area (TPSA) is 84.9 Å². The van der Waals surface area contributed by atoms with Crippen LogP contribution in [0.3, 0.4) is 0 Å². The van der Waals surface area contributed by atoms with E-state index in [1.165, 1.54) is 0 Å². The lowest BCUT2D eigenvalue weighted by Crippen LogP contribution is -2.30. The van der Waals surface area contributed by atoms with Crippen molar-refractivity contribution < 1.29 is 24.2 Å². The third-order valence-electron chi connectivity index (χ3n) is 4.05. The minimum Gasteiger partial charge on any atom is -0.491 e. The first-order valence-electron chi connectivity index (χ1n) is 7.85. The van der Waals surface area contributed by atoms with Crippen LogP contribution in [-0.4, -0.2) is 37.3 Å². The number of rotatable bonds is 7. The lowest BCUT2D eigenvalue weighted by molar-refractivity contribution is -0.143. The molecule has 1 aliphatic carbocycles. The van der Waals surface area contributed by atoms with E-state index >= 15 is 0 Å². The van der Waals surface area contributed by atoms with Gasteiger partial charge < -0.3 is 19.9 Å². The molecule has 0 aromatic heterocycles. The average molecular weight is 321 g/mol. The Morgan fingerprint density at radius 3 is 2.78 bits per heavy atom. The Bertz CT molecular complexity index is 546. The predicted molar refractivity (Wildman–Crippen MR) is 85.5 cm³/mol. The maximum absolute atomic E-state index is 12.3. The molecule has 0 radical (unpaired) electrons. The highest BCUT2D eigenvalue weighted by atomic mass is 16.5. The Morgan fingerprint density at radius 2 is 2.04 bits per heavy atom. The average Bonchev–Trinajstić information content (AvgIpc) is 2.55. The molecule has 2 rings (SSSR count). The van der Waals surface area contributed by atoms with E-state index in [1.54, 1.807) is 25.3 Å². The van der Waals surface area contributed by atoms with E-state index in [0.29, 0.717) is 37.5 Å². The first-order chi connectivity index (χ1) is 11.1. The summed E-state index contributed by atoms with van der Waals surface area (Å²) in [5.41, 5.74) is 0.655. The monoisotopic (exact) mass is 321 g/mol. The fourth-order valence-electron chi connectivity index (χ4n) is 2.80. The summed E-state index contributed by atoms with van der Waals surface area (Å²) in [6, 6.07) is 7.16. The molecule has 0 spiro atoms. The number of ether oxygens (including phenoxy) is 2. The van der Waals surface area contributed by atoms with Crippen LogP contribution in [0, 0.1) is 11.8 Å². The fourth-order valence-corrected chi connectivity index (χ4v) is 2.80. The van der Waals surface area contributed by atoms with E-state index in [4.69, 9.17) is 14.6 Å². The first kappa shape index (κ1) is 17.3. The normalized spacial score (nSPS) is 20.7. The lowest BCUT2D eigenvalue weighted by atomic mass is 9.81. The van der Waals surface area contributed by atoms with Crippen LogP contribution in [0.25, 0.3) is 0 Å². The number of nitrogens with one attached hydrogen (secondary N) is 1. The summed E-state index contributed by atoms with van der Waals surface area (Å²) < 4.78 is 10.4. The molecule has 0 bridgehead atoms. The maximum atomic E-state index is 12.3. The maximum Gasteiger partial charge on any atom is 0.306 e. The van der Waals surface area contributed by atoms with Gasteiger partial charge in [-0.3, -0.25) is 9.59 Å². The van der Waals surface area contributed by atoms with Gasteiger partial charge in [-0.1, -0.05) is 12.5 Å². The zero-order valence-corrected chi connectivity index (χ0v) is 13.3. The van der Waals surface area contributed by atoms with Gasteiger partial charge in [0.2, 0.25) is 5.91 Å². The number of carboxylic acid groups (broad SMARTS) is 1. The van der Waals surface area contributed by atoms with Crippen LogP contribution in [0.2, 0.25) is 0 Å². The SMILES string of the molecule is COCCOc1cccc(NC(=O)C2CCCC(C(=O)O)C2)c1. The van der Waals surface area contributed by atoms with Gasteiger partial charge in [0.25, 0.3) is 0 Å². The molecule has 23 heavy (non-hydrogen) atoms. The number of aliphatic carboxylic acids is 1. The van der Waals surface area contributed by atoms with Gasteiger partial charge >= 0.3 is 5.97 Å². The molecule has 126 valence electrons. The summed E-state index contributed by atoms with van der Waals surface area (Å²) >= 11 is 0. The van der Waals surface area contributed by atoms with Gasteiger partial charge in [-0.15, -0.1) is 0 Å². The molecule has 0 aliphatic heterocycles. The van der Waals surface area contributed by atoms with Crippen molar-refractivity contribution in [3.05, 3.63) is 24.3 Å². The van der Waals surface area contributed by atoms with E-state index < -0.39 is 11.9 Å². The summed E-state index contributed by atoms with van der Waals surface area (Å²) in [5.74, 6) is -0.931. The Labute approximate surface area is 135 Å². The minimum atomic E-state index is -0.809. The number of carbonyl (C=O) groups excluding carboxylic acids is 1. The summed E-state index contributed by atoms with van der Waals surface area (Å²) in [6.07, 6.45) is 2.57. The van der Waals surface area contributed by atoms with Gasteiger partial charge in [0.15, 0.2) is 0 Å². The van der Waals surface area contributed by atoms with E-state index in [9.17, 15) is 9.59 Å². The number of carbonyl (C=O) groups is 2. The van der Waals surface area contributed by atoms with Crippen molar-refractivity contribution in [2.45, 2.75) is 25.7 Å². The van der Waals surface area contributed by atoms with E-state index in [-0.39, 0.29) is 11.8 Å². The van der Waals surface area contributed by atoms with Crippen molar-refractivity contribution in [3.63, 3.8) is 0 Å². The van der Waals surface area contributed by atoms with Gasteiger partial charge in [0, 0.05) is 24.8 Å². The number of anilines is 1. The van der Waals surface area contributed by atoms with Crippen molar-refractivity contribution in [2.24, 2.45) is 11.8 Å². The van der Waals surface area contributed by atoms with E-state index in [2.05, 4.69) is 5.32 Å². The molecule has 1 aromatic carbocycles. The van der Waals surface area contributed by atoms with Crippen LogP contribution in [0.4, 0.5) is 5.69 Å².